The Kier molecular flexibility index (Phi) is 16.2. The molecule has 0 bridgehead atoms. The number of piperidine rings is 1. The van der Waals surface area contributed by atoms with E-state index >= 15 is 0 Å². The second-order valence-electron chi connectivity index (χ2n) is 13.2. The molecule has 0 spiro atoms. The number of nitriles is 1. The first kappa shape index (κ1) is 36.8. The van der Waals surface area contributed by atoms with Crippen LogP contribution in [0.15, 0.2) is 42.5 Å². The van der Waals surface area contributed by atoms with Crippen LogP contribution in [0.5, 0.6) is 11.5 Å². The predicted molar refractivity (Wildman–Crippen MR) is 182 cm³/mol. The minimum absolute atomic E-state index is 0.206. The zero-order chi connectivity index (χ0) is 32.5. The van der Waals surface area contributed by atoms with Gasteiger partial charge >= 0.3 is 0 Å². The normalized spacial score (nSPS) is 16.9. The fourth-order valence-electron chi connectivity index (χ4n) is 7.34. The summed E-state index contributed by atoms with van der Waals surface area (Å²) in [7, 11) is 3.29. The first-order valence-corrected chi connectivity index (χ1v) is 17.7. The molecule has 2 aromatic carbocycles. The van der Waals surface area contributed by atoms with E-state index in [1.807, 2.05) is 18.2 Å². The molecule has 1 aliphatic heterocycles. The fourth-order valence-corrected chi connectivity index (χ4v) is 7.34. The van der Waals surface area contributed by atoms with Gasteiger partial charge in [0.15, 0.2) is 11.5 Å². The summed E-state index contributed by atoms with van der Waals surface area (Å²) in [4.78, 5) is 2.67. The SMILES string of the molecule is CCCCCCCCCC(CCCCC(C#N)(CCC)c1ccc(OC)c(OC)c1)N1CCC(C(O)c2ccc(F)cc2)CC1. The standard InChI is InChI=1S/C39H59FN2O3/c1-5-7-8-9-10-11-12-15-35(42-27-23-32(24-28-42)38(43)31-17-20-34(40)21-18-31)16-13-14-26-39(30-41,25-6-2)33-19-22-36(44-3)37(29-33)45-4/h17-22,29,32,35,38,43H,5-16,23-28H2,1-4H3. The van der Waals surface area contributed by atoms with E-state index < -0.39 is 11.5 Å². The molecule has 3 unspecified atom stereocenters. The molecule has 1 saturated heterocycles. The molecule has 0 saturated carbocycles. The lowest BCUT2D eigenvalue weighted by Gasteiger charge is -2.39. The number of hydrogen-bond acceptors (Lipinski definition) is 5. The Morgan fingerprint density at radius 3 is 2.07 bits per heavy atom. The Balaban J connectivity index is 1.61. The Morgan fingerprint density at radius 1 is 0.844 bits per heavy atom. The molecule has 3 rings (SSSR count). The van der Waals surface area contributed by atoms with Gasteiger partial charge in [0.1, 0.15) is 5.82 Å². The van der Waals surface area contributed by atoms with Crippen molar-refractivity contribution in [2.45, 2.75) is 134 Å². The number of unbranched alkanes of at least 4 members (excludes halogenated alkanes) is 7. The van der Waals surface area contributed by atoms with E-state index in [0.29, 0.717) is 17.5 Å². The first-order chi connectivity index (χ1) is 21.9. The largest absolute Gasteiger partial charge is 0.493 e. The average molecular weight is 623 g/mol. The molecule has 6 heteroatoms. The third-order valence-corrected chi connectivity index (χ3v) is 10.1. The van der Waals surface area contributed by atoms with Gasteiger partial charge in [-0.15, -0.1) is 0 Å². The molecule has 45 heavy (non-hydrogen) atoms. The second kappa shape index (κ2) is 19.8. The van der Waals surface area contributed by atoms with Crippen LogP contribution >= 0.6 is 0 Å². The molecule has 5 nitrogen and oxygen atoms in total. The van der Waals surface area contributed by atoms with Crippen molar-refractivity contribution >= 4 is 0 Å². The van der Waals surface area contributed by atoms with Gasteiger partial charge in [-0.1, -0.05) is 96.3 Å². The molecule has 0 radical (unpaired) electrons. The van der Waals surface area contributed by atoms with Gasteiger partial charge in [-0.25, -0.2) is 4.39 Å². The molecule has 0 amide bonds. The van der Waals surface area contributed by atoms with E-state index in [9.17, 15) is 14.8 Å². The maximum atomic E-state index is 13.4. The highest BCUT2D eigenvalue weighted by Crippen LogP contribution is 2.39. The van der Waals surface area contributed by atoms with Crippen molar-refractivity contribution < 1.29 is 19.0 Å². The van der Waals surface area contributed by atoms with Crippen molar-refractivity contribution in [2.24, 2.45) is 5.92 Å². The number of benzene rings is 2. The Hall–Kier alpha value is -2.62. The third-order valence-electron chi connectivity index (χ3n) is 10.1. The highest BCUT2D eigenvalue weighted by Gasteiger charge is 2.33. The maximum Gasteiger partial charge on any atom is 0.161 e. The van der Waals surface area contributed by atoms with Crippen LogP contribution in [0.3, 0.4) is 0 Å². The lowest BCUT2D eigenvalue weighted by Crippen LogP contribution is -2.42. The Bertz CT molecular complexity index is 1140. The van der Waals surface area contributed by atoms with Crippen molar-refractivity contribution in [3.63, 3.8) is 0 Å². The first-order valence-electron chi connectivity index (χ1n) is 17.7. The summed E-state index contributed by atoms with van der Waals surface area (Å²) < 4.78 is 24.4. The van der Waals surface area contributed by atoms with E-state index in [1.165, 1.54) is 63.5 Å². The minimum atomic E-state index is -0.538. The van der Waals surface area contributed by atoms with E-state index in [2.05, 4.69) is 24.8 Å². The summed E-state index contributed by atoms with van der Waals surface area (Å²) in [6.07, 6.45) is 17.6. The molecule has 1 aliphatic rings. The average Bonchev–Trinajstić information content (AvgIpc) is 3.08. The van der Waals surface area contributed by atoms with Crippen LogP contribution in [0, 0.1) is 23.1 Å². The predicted octanol–water partition coefficient (Wildman–Crippen LogP) is 9.92. The van der Waals surface area contributed by atoms with Crippen LogP contribution < -0.4 is 9.47 Å². The van der Waals surface area contributed by atoms with Gasteiger partial charge in [0.2, 0.25) is 0 Å². The van der Waals surface area contributed by atoms with Crippen molar-refractivity contribution in [1.82, 2.24) is 4.90 Å². The monoisotopic (exact) mass is 622 g/mol. The van der Waals surface area contributed by atoms with Crippen LogP contribution in [0.4, 0.5) is 4.39 Å². The minimum Gasteiger partial charge on any atom is -0.493 e. The van der Waals surface area contributed by atoms with Gasteiger partial charge in [0, 0.05) is 6.04 Å². The van der Waals surface area contributed by atoms with Crippen molar-refractivity contribution in [3.8, 4) is 17.6 Å². The van der Waals surface area contributed by atoms with Gasteiger partial charge < -0.3 is 19.5 Å². The molecule has 1 N–H and O–H groups in total. The van der Waals surface area contributed by atoms with Crippen LogP contribution in [-0.2, 0) is 5.41 Å². The van der Waals surface area contributed by atoms with Crippen LogP contribution in [0.2, 0.25) is 0 Å². The zero-order valence-electron chi connectivity index (χ0n) is 28.5. The molecule has 3 atom stereocenters. The lowest BCUT2D eigenvalue weighted by atomic mass is 9.74. The zero-order valence-corrected chi connectivity index (χ0v) is 28.5. The van der Waals surface area contributed by atoms with Crippen LogP contribution in [-0.4, -0.2) is 43.4 Å². The number of nitrogens with zero attached hydrogens (tertiary/aromatic N) is 2. The molecule has 250 valence electrons. The Morgan fingerprint density at radius 2 is 1.47 bits per heavy atom. The van der Waals surface area contributed by atoms with Gasteiger partial charge in [-0.3, -0.25) is 0 Å². The number of ether oxygens (including phenoxy) is 2. The van der Waals surface area contributed by atoms with Crippen molar-refractivity contribution in [3.05, 3.63) is 59.4 Å². The van der Waals surface area contributed by atoms with E-state index in [-0.39, 0.29) is 11.7 Å². The van der Waals surface area contributed by atoms with E-state index in [4.69, 9.17) is 9.47 Å². The molecular formula is C39H59FN2O3. The Labute approximate surface area is 273 Å². The number of methoxy groups -OCH3 is 2. The van der Waals surface area contributed by atoms with Crippen LogP contribution in [0.1, 0.15) is 134 Å². The number of aliphatic hydroxyl groups excluding tert-OH is 1. The number of rotatable bonds is 21. The van der Waals surface area contributed by atoms with Gasteiger partial charge in [-0.05, 0) is 92.9 Å². The highest BCUT2D eigenvalue weighted by atomic mass is 19.1. The molecule has 0 aliphatic carbocycles. The van der Waals surface area contributed by atoms with Crippen molar-refractivity contribution in [1.29, 1.82) is 5.26 Å². The molecule has 2 aromatic rings. The fraction of sp³-hybridized carbons (Fsp3) is 0.667. The summed E-state index contributed by atoms with van der Waals surface area (Å²) in [5.74, 6) is 1.30. The van der Waals surface area contributed by atoms with Gasteiger partial charge in [0.25, 0.3) is 0 Å². The molecule has 1 fully saturated rings. The summed E-state index contributed by atoms with van der Waals surface area (Å²) in [6, 6.07) is 15.5. The number of likely N-dealkylation sites (tertiary alicyclic amines) is 1. The summed E-state index contributed by atoms with van der Waals surface area (Å²) in [5, 5.41) is 21.5. The van der Waals surface area contributed by atoms with Crippen LogP contribution in [0.25, 0.3) is 0 Å². The van der Waals surface area contributed by atoms with E-state index in [1.54, 1.807) is 26.4 Å². The van der Waals surface area contributed by atoms with Crippen molar-refractivity contribution in [2.75, 3.05) is 27.3 Å². The quantitative estimate of drug-likeness (QED) is 0.140. The van der Waals surface area contributed by atoms with E-state index in [0.717, 1.165) is 75.6 Å². The number of halogens is 1. The molecular weight excluding hydrogens is 563 g/mol. The molecule has 1 heterocycles. The number of hydrogen-bond donors (Lipinski definition) is 1. The highest BCUT2D eigenvalue weighted by molar-refractivity contribution is 5.47. The van der Waals surface area contributed by atoms with Gasteiger partial charge in [0.05, 0.1) is 31.8 Å². The summed E-state index contributed by atoms with van der Waals surface area (Å²) >= 11 is 0. The maximum absolute atomic E-state index is 13.4. The molecule has 0 aromatic heterocycles. The smallest absolute Gasteiger partial charge is 0.161 e. The number of aliphatic hydroxyl groups is 1. The lowest BCUT2D eigenvalue weighted by molar-refractivity contribution is 0.0406. The van der Waals surface area contributed by atoms with Gasteiger partial charge in [-0.2, -0.15) is 5.26 Å². The summed E-state index contributed by atoms with van der Waals surface area (Å²) in [6.45, 7) is 6.41. The summed E-state index contributed by atoms with van der Waals surface area (Å²) in [5.41, 5.74) is 1.31. The second-order valence-corrected chi connectivity index (χ2v) is 13.2. The topological polar surface area (TPSA) is 65.7 Å². The third kappa shape index (κ3) is 11.0.